The van der Waals surface area contributed by atoms with E-state index in [1.54, 1.807) is 29.4 Å². The van der Waals surface area contributed by atoms with Gasteiger partial charge in [-0.15, -0.1) is 0 Å². The van der Waals surface area contributed by atoms with Crippen LogP contribution in [0.25, 0.3) is 0 Å². The van der Waals surface area contributed by atoms with Crippen LogP contribution in [0.5, 0.6) is 0 Å². The van der Waals surface area contributed by atoms with Crippen LogP contribution in [0.3, 0.4) is 0 Å². The molecule has 0 radical (unpaired) electrons. The smallest absolute Gasteiger partial charge is 0.306 e. The molecule has 1 saturated heterocycles. The summed E-state index contributed by atoms with van der Waals surface area (Å²) in [6, 6.07) is 3.34. The minimum Gasteiger partial charge on any atom is -0.481 e. The topological polar surface area (TPSA) is 70.5 Å². The highest BCUT2D eigenvalue weighted by atomic mass is 16.4. The van der Waals surface area contributed by atoms with Crippen molar-refractivity contribution in [1.82, 2.24) is 9.88 Å². The standard InChI is InChI=1S/C12H14N2O3/c15-11(9-1-5-13-6-2-9)14-7-3-10(4-8-14)12(16)17/h1-2,5-6,10H,3-4,7-8H2,(H,16,17). The number of rotatable bonds is 2. The SMILES string of the molecule is O=C(O)C1CCN(C(=O)c2ccncc2)CC1. The number of aliphatic carboxylic acids is 1. The monoisotopic (exact) mass is 234 g/mol. The van der Waals surface area contributed by atoms with Gasteiger partial charge in [0.05, 0.1) is 5.92 Å². The van der Waals surface area contributed by atoms with Gasteiger partial charge >= 0.3 is 5.97 Å². The molecule has 0 atom stereocenters. The molecular weight excluding hydrogens is 220 g/mol. The Morgan fingerprint density at radius 2 is 1.82 bits per heavy atom. The van der Waals surface area contributed by atoms with Gasteiger partial charge in [0, 0.05) is 31.0 Å². The molecule has 1 amide bonds. The Balaban J connectivity index is 1.98. The third-order valence-electron chi connectivity index (χ3n) is 3.06. The molecule has 1 fully saturated rings. The number of likely N-dealkylation sites (tertiary alicyclic amines) is 1. The van der Waals surface area contributed by atoms with Crippen LogP contribution in [-0.2, 0) is 4.79 Å². The second-order valence-corrected chi connectivity index (χ2v) is 4.14. The predicted molar refractivity (Wildman–Crippen MR) is 60.5 cm³/mol. The summed E-state index contributed by atoms with van der Waals surface area (Å²) in [7, 11) is 0. The summed E-state index contributed by atoms with van der Waals surface area (Å²) in [6.07, 6.45) is 4.23. The quantitative estimate of drug-likeness (QED) is 0.829. The Morgan fingerprint density at radius 3 is 2.35 bits per heavy atom. The van der Waals surface area contributed by atoms with E-state index in [9.17, 15) is 9.59 Å². The molecule has 1 aromatic heterocycles. The molecule has 0 aliphatic carbocycles. The Kier molecular flexibility index (Phi) is 3.37. The third kappa shape index (κ3) is 2.61. The molecule has 17 heavy (non-hydrogen) atoms. The van der Waals surface area contributed by atoms with E-state index in [0.29, 0.717) is 31.5 Å². The Bertz CT molecular complexity index is 411. The van der Waals surface area contributed by atoms with E-state index in [0.717, 1.165) is 0 Å². The lowest BCUT2D eigenvalue weighted by Gasteiger charge is -2.30. The zero-order valence-electron chi connectivity index (χ0n) is 9.37. The first kappa shape index (κ1) is 11.6. The van der Waals surface area contributed by atoms with E-state index >= 15 is 0 Å². The minimum atomic E-state index is -0.763. The number of carbonyl (C=O) groups excluding carboxylic acids is 1. The molecule has 1 aliphatic heterocycles. The van der Waals surface area contributed by atoms with Gasteiger partial charge in [-0.05, 0) is 25.0 Å². The van der Waals surface area contributed by atoms with Gasteiger partial charge in [0.25, 0.3) is 5.91 Å². The van der Waals surface area contributed by atoms with Gasteiger partial charge in [-0.3, -0.25) is 14.6 Å². The van der Waals surface area contributed by atoms with Crippen LogP contribution in [-0.4, -0.2) is 40.0 Å². The van der Waals surface area contributed by atoms with Crippen molar-refractivity contribution in [3.63, 3.8) is 0 Å². The highest BCUT2D eigenvalue weighted by Gasteiger charge is 2.27. The third-order valence-corrected chi connectivity index (χ3v) is 3.06. The summed E-state index contributed by atoms with van der Waals surface area (Å²) in [6.45, 7) is 1.02. The molecule has 0 aromatic carbocycles. The van der Waals surface area contributed by atoms with Crippen LogP contribution >= 0.6 is 0 Å². The average Bonchev–Trinajstić information content (AvgIpc) is 2.39. The Hall–Kier alpha value is -1.91. The van der Waals surface area contributed by atoms with Crippen molar-refractivity contribution in [2.75, 3.05) is 13.1 Å². The lowest BCUT2D eigenvalue weighted by atomic mass is 9.97. The number of hydrogen-bond acceptors (Lipinski definition) is 3. The van der Waals surface area contributed by atoms with Crippen LogP contribution in [0.1, 0.15) is 23.2 Å². The molecule has 5 heteroatoms. The minimum absolute atomic E-state index is 0.0451. The molecule has 5 nitrogen and oxygen atoms in total. The molecule has 0 unspecified atom stereocenters. The molecule has 2 heterocycles. The first-order valence-corrected chi connectivity index (χ1v) is 5.60. The number of pyridine rings is 1. The van der Waals surface area contributed by atoms with Gasteiger partial charge in [-0.25, -0.2) is 0 Å². The second kappa shape index (κ2) is 4.95. The molecule has 90 valence electrons. The summed E-state index contributed by atoms with van der Waals surface area (Å²) < 4.78 is 0. The normalized spacial score (nSPS) is 16.8. The summed E-state index contributed by atoms with van der Waals surface area (Å²) in [5.41, 5.74) is 0.605. The molecule has 2 rings (SSSR count). The van der Waals surface area contributed by atoms with Crippen molar-refractivity contribution < 1.29 is 14.7 Å². The molecular formula is C12H14N2O3. The fraction of sp³-hybridized carbons (Fsp3) is 0.417. The molecule has 0 spiro atoms. The van der Waals surface area contributed by atoms with Crippen molar-refractivity contribution in [3.8, 4) is 0 Å². The number of aromatic nitrogens is 1. The number of piperidine rings is 1. The molecule has 1 aliphatic rings. The Morgan fingerprint density at radius 1 is 1.24 bits per heavy atom. The lowest BCUT2D eigenvalue weighted by molar-refractivity contribution is -0.143. The molecule has 1 aromatic rings. The average molecular weight is 234 g/mol. The first-order chi connectivity index (χ1) is 8.18. The lowest BCUT2D eigenvalue weighted by Crippen LogP contribution is -2.40. The number of carbonyl (C=O) groups is 2. The van der Waals surface area contributed by atoms with Gasteiger partial charge in [0.15, 0.2) is 0 Å². The zero-order valence-corrected chi connectivity index (χ0v) is 9.37. The van der Waals surface area contributed by atoms with Crippen molar-refractivity contribution in [3.05, 3.63) is 30.1 Å². The maximum Gasteiger partial charge on any atom is 0.306 e. The van der Waals surface area contributed by atoms with Gasteiger partial charge in [-0.2, -0.15) is 0 Å². The van der Waals surface area contributed by atoms with Gasteiger partial charge in [0.2, 0.25) is 0 Å². The number of amides is 1. The highest BCUT2D eigenvalue weighted by molar-refractivity contribution is 5.94. The van der Waals surface area contributed by atoms with Crippen molar-refractivity contribution >= 4 is 11.9 Å². The Labute approximate surface area is 99.1 Å². The number of hydrogen-bond donors (Lipinski definition) is 1. The molecule has 0 saturated carbocycles. The van der Waals surface area contributed by atoms with Crippen LogP contribution in [0, 0.1) is 5.92 Å². The summed E-state index contributed by atoms with van der Waals surface area (Å²) >= 11 is 0. The van der Waals surface area contributed by atoms with Gasteiger partial charge in [0.1, 0.15) is 0 Å². The second-order valence-electron chi connectivity index (χ2n) is 4.14. The fourth-order valence-corrected chi connectivity index (χ4v) is 2.01. The van der Waals surface area contributed by atoms with E-state index in [1.165, 1.54) is 0 Å². The predicted octanol–water partition coefficient (Wildman–Crippen LogP) is 1.02. The van der Waals surface area contributed by atoms with E-state index in [1.807, 2.05) is 0 Å². The van der Waals surface area contributed by atoms with Crippen LogP contribution in [0.15, 0.2) is 24.5 Å². The molecule has 0 bridgehead atoms. The summed E-state index contributed by atoms with van der Waals surface area (Å²) in [5, 5.41) is 8.87. The van der Waals surface area contributed by atoms with Gasteiger partial charge in [-0.1, -0.05) is 0 Å². The van der Waals surface area contributed by atoms with Crippen LogP contribution in [0.2, 0.25) is 0 Å². The van der Waals surface area contributed by atoms with E-state index in [4.69, 9.17) is 5.11 Å². The maximum atomic E-state index is 12.0. The van der Waals surface area contributed by atoms with E-state index in [2.05, 4.69) is 4.98 Å². The fourth-order valence-electron chi connectivity index (χ4n) is 2.01. The maximum absolute atomic E-state index is 12.0. The number of carboxylic acid groups (broad SMARTS) is 1. The van der Waals surface area contributed by atoms with E-state index < -0.39 is 5.97 Å². The number of nitrogens with zero attached hydrogens (tertiary/aromatic N) is 2. The van der Waals surface area contributed by atoms with Crippen molar-refractivity contribution in [2.45, 2.75) is 12.8 Å². The first-order valence-electron chi connectivity index (χ1n) is 5.60. The van der Waals surface area contributed by atoms with E-state index in [-0.39, 0.29) is 11.8 Å². The molecule has 1 N–H and O–H groups in total. The van der Waals surface area contributed by atoms with Crippen LogP contribution in [0.4, 0.5) is 0 Å². The largest absolute Gasteiger partial charge is 0.481 e. The number of carboxylic acids is 1. The van der Waals surface area contributed by atoms with Gasteiger partial charge < -0.3 is 10.0 Å². The van der Waals surface area contributed by atoms with Crippen LogP contribution < -0.4 is 0 Å². The zero-order chi connectivity index (χ0) is 12.3. The highest BCUT2D eigenvalue weighted by Crippen LogP contribution is 2.18. The van der Waals surface area contributed by atoms with Crippen molar-refractivity contribution in [2.24, 2.45) is 5.92 Å². The summed E-state index contributed by atoms with van der Waals surface area (Å²) in [4.78, 5) is 28.4. The van der Waals surface area contributed by atoms with Crippen molar-refractivity contribution in [1.29, 1.82) is 0 Å². The summed E-state index contributed by atoms with van der Waals surface area (Å²) in [5.74, 6) is -1.12.